The molecule has 0 spiro atoms. The topological polar surface area (TPSA) is 83.5 Å². The first-order chi connectivity index (χ1) is 11.8. The third-order valence-corrected chi connectivity index (χ3v) is 3.76. The van der Waals surface area contributed by atoms with Gasteiger partial charge in [0, 0.05) is 18.5 Å². The summed E-state index contributed by atoms with van der Waals surface area (Å²) >= 11 is 0. The molecule has 0 aliphatic rings. The molecule has 0 atom stereocenters. The van der Waals surface area contributed by atoms with Crippen molar-refractivity contribution in [1.29, 1.82) is 0 Å². The summed E-state index contributed by atoms with van der Waals surface area (Å²) in [6.07, 6.45) is 2.28. The standard InChI is InChI=1S/C15H22N2O.CHF3O3S/c1-4-15(18)16-11-8-12-17(2,3)13-14-9-6-5-7-10-14;2-1(3,4)8(5,6)7/h4-7,9-10H,1,8,11-13H2,2-3H3;(H,5,6,7)/p+1. The maximum absolute atomic E-state index is 11.0. The van der Waals surface area contributed by atoms with E-state index in [-0.39, 0.29) is 5.91 Å². The van der Waals surface area contributed by atoms with Crippen LogP contribution in [0.4, 0.5) is 13.2 Å². The van der Waals surface area contributed by atoms with Gasteiger partial charge in [0.25, 0.3) is 0 Å². The number of nitrogens with zero attached hydrogens (tertiary/aromatic N) is 1. The molecule has 0 unspecified atom stereocenters. The van der Waals surface area contributed by atoms with E-state index in [1.165, 1.54) is 11.6 Å². The summed E-state index contributed by atoms with van der Waals surface area (Å²) in [6.45, 7) is 6.18. The van der Waals surface area contributed by atoms with Gasteiger partial charge in [-0.1, -0.05) is 36.9 Å². The van der Waals surface area contributed by atoms with Crippen LogP contribution in [0.5, 0.6) is 0 Å². The Morgan fingerprint density at radius 1 is 1.27 bits per heavy atom. The molecule has 26 heavy (non-hydrogen) atoms. The third-order valence-electron chi connectivity index (χ3n) is 3.17. The van der Waals surface area contributed by atoms with Gasteiger partial charge in [-0.15, -0.1) is 0 Å². The zero-order valence-corrected chi connectivity index (χ0v) is 15.5. The number of hydrogen-bond donors (Lipinski definition) is 2. The summed E-state index contributed by atoms with van der Waals surface area (Å²) in [5.41, 5.74) is -4.19. The van der Waals surface area contributed by atoms with Crippen molar-refractivity contribution < 1.29 is 35.4 Å². The van der Waals surface area contributed by atoms with Gasteiger partial charge in [0.1, 0.15) is 6.54 Å². The van der Waals surface area contributed by atoms with Gasteiger partial charge in [0.15, 0.2) is 0 Å². The SMILES string of the molecule is C=CC(=O)NCCC[N+](C)(C)Cc1ccccc1.O=S(=O)(O)C(F)(F)F. The number of nitrogens with one attached hydrogen (secondary N) is 1. The van der Waals surface area contributed by atoms with Crippen LogP contribution >= 0.6 is 0 Å². The number of quaternary nitrogens is 1. The number of alkyl halides is 3. The number of hydrogen-bond acceptors (Lipinski definition) is 3. The molecule has 1 aromatic carbocycles. The Morgan fingerprint density at radius 3 is 2.19 bits per heavy atom. The number of halogens is 3. The summed E-state index contributed by atoms with van der Waals surface area (Å²) in [5.74, 6) is -0.0941. The van der Waals surface area contributed by atoms with Gasteiger partial charge in [-0.05, 0) is 6.08 Å². The van der Waals surface area contributed by atoms with E-state index < -0.39 is 15.6 Å². The second-order valence-corrected chi connectivity index (χ2v) is 7.49. The highest BCUT2D eigenvalue weighted by Gasteiger charge is 2.44. The molecular formula is C16H24F3N2O4S+. The quantitative estimate of drug-likeness (QED) is 0.243. The van der Waals surface area contributed by atoms with Crippen molar-refractivity contribution in [3.05, 3.63) is 48.6 Å². The molecule has 10 heteroatoms. The van der Waals surface area contributed by atoms with Crippen LogP contribution in [-0.2, 0) is 21.5 Å². The molecule has 0 heterocycles. The van der Waals surface area contributed by atoms with Gasteiger partial charge in [-0.3, -0.25) is 9.35 Å². The lowest BCUT2D eigenvalue weighted by Crippen LogP contribution is -2.40. The first kappa shape index (κ1) is 24.1. The molecule has 6 nitrogen and oxygen atoms in total. The molecule has 1 amide bonds. The van der Waals surface area contributed by atoms with Crippen LogP contribution in [0.25, 0.3) is 0 Å². The van der Waals surface area contributed by atoms with Crippen molar-refractivity contribution in [2.45, 2.75) is 18.5 Å². The zero-order chi connectivity index (χ0) is 20.4. The highest BCUT2D eigenvalue weighted by Crippen LogP contribution is 2.20. The first-order valence-corrected chi connectivity index (χ1v) is 9.02. The molecule has 0 saturated carbocycles. The number of rotatable bonds is 7. The molecule has 2 N–H and O–H groups in total. The van der Waals surface area contributed by atoms with Gasteiger partial charge in [-0.2, -0.15) is 21.6 Å². The second-order valence-electron chi connectivity index (χ2n) is 6.07. The second kappa shape index (κ2) is 10.3. The maximum Gasteiger partial charge on any atom is 0.522 e. The van der Waals surface area contributed by atoms with Crippen LogP contribution < -0.4 is 5.32 Å². The molecule has 148 valence electrons. The summed E-state index contributed by atoms with van der Waals surface area (Å²) in [6, 6.07) is 10.5. The number of carbonyl (C=O) groups is 1. The number of carbonyl (C=O) groups excluding carboxylic acids is 1. The van der Waals surface area contributed by atoms with Crippen molar-refractivity contribution in [3.63, 3.8) is 0 Å². The minimum atomic E-state index is -5.84. The molecule has 1 aromatic rings. The zero-order valence-electron chi connectivity index (χ0n) is 14.7. The fourth-order valence-electron chi connectivity index (χ4n) is 1.95. The molecule has 0 aliphatic heterocycles. The summed E-state index contributed by atoms with van der Waals surface area (Å²) in [5, 5.41) is 2.80. The van der Waals surface area contributed by atoms with Crippen LogP contribution in [0, 0.1) is 0 Å². The average molecular weight is 397 g/mol. The normalized spacial score (nSPS) is 11.9. The molecule has 0 saturated heterocycles. The smallest absolute Gasteiger partial charge is 0.352 e. The Labute approximate surface area is 151 Å². The van der Waals surface area contributed by atoms with Crippen molar-refractivity contribution in [2.24, 2.45) is 0 Å². The van der Waals surface area contributed by atoms with E-state index in [1.807, 2.05) is 6.07 Å². The van der Waals surface area contributed by atoms with E-state index in [4.69, 9.17) is 13.0 Å². The van der Waals surface area contributed by atoms with Gasteiger partial charge >= 0.3 is 15.6 Å². The summed E-state index contributed by atoms with van der Waals surface area (Å²) in [4.78, 5) is 11.0. The molecule has 0 aliphatic carbocycles. The Balaban J connectivity index is 0.000000660. The van der Waals surface area contributed by atoms with Gasteiger partial charge in [-0.25, -0.2) is 0 Å². The fourth-order valence-corrected chi connectivity index (χ4v) is 1.95. The van der Waals surface area contributed by atoms with E-state index in [1.54, 1.807) is 0 Å². The molecule has 0 radical (unpaired) electrons. The van der Waals surface area contributed by atoms with Crippen LogP contribution in [-0.4, -0.2) is 56.1 Å². The van der Waals surface area contributed by atoms with E-state index >= 15 is 0 Å². The number of amides is 1. The molecule has 0 aromatic heterocycles. The van der Waals surface area contributed by atoms with E-state index in [0.29, 0.717) is 6.54 Å². The van der Waals surface area contributed by atoms with E-state index in [9.17, 15) is 18.0 Å². The van der Waals surface area contributed by atoms with E-state index in [0.717, 1.165) is 24.0 Å². The third kappa shape index (κ3) is 10.9. The monoisotopic (exact) mass is 397 g/mol. The van der Waals surface area contributed by atoms with Crippen molar-refractivity contribution in [2.75, 3.05) is 27.2 Å². The summed E-state index contributed by atoms with van der Waals surface area (Å²) in [7, 11) is -1.42. The highest BCUT2D eigenvalue weighted by molar-refractivity contribution is 7.86. The minimum absolute atomic E-state index is 0.0941. The molecule has 0 fully saturated rings. The lowest BCUT2D eigenvalue weighted by atomic mass is 10.2. The molecule has 0 bridgehead atoms. The van der Waals surface area contributed by atoms with Crippen molar-refractivity contribution in [1.82, 2.24) is 5.32 Å². The fraction of sp³-hybridized carbons (Fsp3) is 0.438. The number of benzene rings is 1. The van der Waals surface area contributed by atoms with Crippen LogP contribution in [0.1, 0.15) is 12.0 Å². The van der Waals surface area contributed by atoms with Crippen LogP contribution in [0.3, 0.4) is 0 Å². The Kier molecular flexibility index (Phi) is 9.53. The molecular weight excluding hydrogens is 373 g/mol. The lowest BCUT2D eigenvalue weighted by molar-refractivity contribution is -0.903. The van der Waals surface area contributed by atoms with Gasteiger partial charge < -0.3 is 9.80 Å². The van der Waals surface area contributed by atoms with Gasteiger partial charge in [0.2, 0.25) is 5.91 Å². The van der Waals surface area contributed by atoms with E-state index in [2.05, 4.69) is 50.3 Å². The minimum Gasteiger partial charge on any atom is -0.352 e. The Morgan fingerprint density at radius 2 is 1.77 bits per heavy atom. The predicted molar refractivity (Wildman–Crippen MR) is 92.5 cm³/mol. The Hall–Kier alpha value is -1.91. The Bertz CT molecular complexity index is 674. The average Bonchev–Trinajstić information content (AvgIpc) is 2.50. The van der Waals surface area contributed by atoms with Gasteiger partial charge in [0.05, 0.1) is 20.6 Å². The lowest BCUT2D eigenvalue weighted by Gasteiger charge is -2.30. The maximum atomic E-state index is 11.0. The van der Waals surface area contributed by atoms with Crippen molar-refractivity contribution in [3.8, 4) is 0 Å². The summed E-state index contributed by atoms with van der Waals surface area (Å²) < 4.78 is 58.5. The van der Waals surface area contributed by atoms with Crippen LogP contribution in [0.2, 0.25) is 0 Å². The molecule has 1 rings (SSSR count). The van der Waals surface area contributed by atoms with Crippen LogP contribution in [0.15, 0.2) is 43.0 Å². The first-order valence-electron chi connectivity index (χ1n) is 7.58. The predicted octanol–water partition coefficient (Wildman–Crippen LogP) is 2.35. The van der Waals surface area contributed by atoms with Crippen molar-refractivity contribution >= 4 is 16.0 Å². The largest absolute Gasteiger partial charge is 0.522 e. The highest BCUT2D eigenvalue weighted by atomic mass is 32.2.